The highest BCUT2D eigenvalue weighted by Gasteiger charge is 2.30. The summed E-state index contributed by atoms with van der Waals surface area (Å²) in [5.74, 6) is 0.231. The summed E-state index contributed by atoms with van der Waals surface area (Å²) >= 11 is 0. The number of aryl methyl sites for hydroxylation is 1. The number of benzene rings is 2. The minimum Gasteiger partial charge on any atom is -0.349 e. The van der Waals surface area contributed by atoms with Crippen LogP contribution in [0.4, 0.5) is 13.2 Å². The van der Waals surface area contributed by atoms with Crippen molar-refractivity contribution >= 4 is 16.9 Å². The molecule has 2 N–H and O–H groups in total. The molecule has 25 heavy (non-hydrogen) atoms. The number of nitrogens with zero attached hydrogens (tertiary/aromatic N) is 1. The van der Waals surface area contributed by atoms with Gasteiger partial charge in [0.05, 0.1) is 29.6 Å². The lowest BCUT2D eigenvalue weighted by molar-refractivity contribution is -0.137. The van der Waals surface area contributed by atoms with Gasteiger partial charge in [0.15, 0.2) is 0 Å². The number of hydrogen-bond donors (Lipinski definition) is 2. The summed E-state index contributed by atoms with van der Waals surface area (Å²) < 4.78 is 38.1. The molecule has 3 rings (SSSR count). The molecule has 0 aliphatic heterocycles. The van der Waals surface area contributed by atoms with E-state index in [4.69, 9.17) is 0 Å². The van der Waals surface area contributed by atoms with Crippen molar-refractivity contribution in [3.8, 4) is 0 Å². The highest BCUT2D eigenvalue weighted by atomic mass is 19.4. The molecule has 1 heterocycles. The molecule has 0 spiro atoms. The Kier molecular flexibility index (Phi) is 4.48. The summed E-state index contributed by atoms with van der Waals surface area (Å²) in [6.45, 7) is 2.16. The van der Waals surface area contributed by atoms with Crippen LogP contribution in [0.5, 0.6) is 0 Å². The van der Waals surface area contributed by atoms with Gasteiger partial charge >= 0.3 is 6.18 Å². The van der Waals surface area contributed by atoms with Crippen LogP contribution in [0.3, 0.4) is 0 Å². The number of H-pyrrole nitrogens is 1. The van der Waals surface area contributed by atoms with Crippen molar-refractivity contribution < 1.29 is 18.0 Å². The number of imidazole rings is 1. The number of amides is 1. The molecule has 3 aromatic rings. The molecule has 1 amide bonds. The predicted octanol–water partition coefficient (Wildman–Crippen LogP) is 3.75. The Balaban J connectivity index is 1.62. The van der Waals surface area contributed by atoms with Gasteiger partial charge < -0.3 is 10.3 Å². The van der Waals surface area contributed by atoms with Gasteiger partial charge in [0.2, 0.25) is 5.91 Å². The van der Waals surface area contributed by atoms with Gasteiger partial charge in [-0.1, -0.05) is 24.3 Å². The van der Waals surface area contributed by atoms with Gasteiger partial charge in [-0.3, -0.25) is 4.79 Å². The molecule has 0 radical (unpaired) electrons. The highest BCUT2D eigenvalue weighted by Crippen LogP contribution is 2.29. The molecule has 1 aromatic heterocycles. The molecule has 0 aliphatic rings. The first kappa shape index (κ1) is 17.0. The zero-order valence-electron chi connectivity index (χ0n) is 13.4. The number of carbonyl (C=O) groups is 1. The predicted molar refractivity (Wildman–Crippen MR) is 87.8 cm³/mol. The van der Waals surface area contributed by atoms with Gasteiger partial charge in [0.25, 0.3) is 0 Å². The molecule has 4 nitrogen and oxygen atoms in total. The summed E-state index contributed by atoms with van der Waals surface area (Å²) in [7, 11) is 0. The van der Waals surface area contributed by atoms with Crippen LogP contribution in [0.1, 0.15) is 22.5 Å². The Morgan fingerprint density at radius 2 is 2.00 bits per heavy atom. The molecular weight excluding hydrogens is 331 g/mol. The second kappa shape index (κ2) is 6.58. The Hall–Kier alpha value is -2.83. The third kappa shape index (κ3) is 4.17. The van der Waals surface area contributed by atoms with E-state index in [1.165, 1.54) is 12.1 Å². The van der Waals surface area contributed by atoms with E-state index in [1.807, 2.05) is 25.1 Å². The first-order valence-electron chi connectivity index (χ1n) is 7.69. The van der Waals surface area contributed by atoms with E-state index in [2.05, 4.69) is 15.3 Å². The normalized spacial score (nSPS) is 11.7. The average Bonchev–Trinajstić information content (AvgIpc) is 2.94. The van der Waals surface area contributed by atoms with Crippen molar-refractivity contribution in [2.75, 3.05) is 0 Å². The highest BCUT2D eigenvalue weighted by molar-refractivity contribution is 5.79. The zero-order chi connectivity index (χ0) is 18.0. The van der Waals surface area contributed by atoms with Crippen molar-refractivity contribution in [1.82, 2.24) is 15.3 Å². The number of aromatic amines is 1. The number of carbonyl (C=O) groups excluding carboxylic acids is 1. The smallest absolute Gasteiger partial charge is 0.349 e. The largest absolute Gasteiger partial charge is 0.416 e. The number of hydrogen-bond acceptors (Lipinski definition) is 2. The molecule has 0 saturated carbocycles. The zero-order valence-corrected chi connectivity index (χ0v) is 13.4. The lowest BCUT2D eigenvalue weighted by atomic mass is 10.1. The SMILES string of the molecule is Cc1ccc2nc(CNC(=O)Cc3cccc(C(F)(F)F)c3)[nH]c2c1. The van der Waals surface area contributed by atoms with Crippen LogP contribution < -0.4 is 5.32 Å². The molecule has 0 unspecified atom stereocenters. The van der Waals surface area contributed by atoms with Gasteiger partial charge in [-0.15, -0.1) is 0 Å². The topological polar surface area (TPSA) is 57.8 Å². The molecule has 0 saturated heterocycles. The third-order valence-corrected chi connectivity index (χ3v) is 3.76. The van der Waals surface area contributed by atoms with E-state index in [0.29, 0.717) is 11.4 Å². The second-order valence-electron chi connectivity index (χ2n) is 5.86. The van der Waals surface area contributed by atoms with E-state index >= 15 is 0 Å². The quantitative estimate of drug-likeness (QED) is 0.755. The van der Waals surface area contributed by atoms with Crippen molar-refractivity contribution in [3.05, 3.63) is 65.0 Å². The fraction of sp³-hybridized carbons (Fsp3) is 0.222. The van der Waals surface area contributed by atoms with Gasteiger partial charge in [0, 0.05) is 0 Å². The Labute approximate surface area is 142 Å². The summed E-state index contributed by atoms with van der Waals surface area (Å²) in [5, 5.41) is 2.67. The first-order valence-corrected chi connectivity index (χ1v) is 7.69. The lowest BCUT2D eigenvalue weighted by Gasteiger charge is -2.08. The van der Waals surface area contributed by atoms with Crippen LogP contribution in [-0.2, 0) is 23.9 Å². The van der Waals surface area contributed by atoms with E-state index in [1.54, 1.807) is 0 Å². The summed E-state index contributed by atoms with van der Waals surface area (Å²) in [6.07, 6.45) is -4.54. The average molecular weight is 347 g/mol. The van der Waals surface area contributed by atoms with E-state index in [9.17, 15) is 18.0 Å². The van der Waals surface area contributed by atoms with Gasteiger partial charge in [-0.25, -0.2) is 4.98 Å². The minimum atomic E-state index is -4.42. The van der Waals surface area contributed by atoms with Gasteiger partial charge in [-0.05, 0) is 36.2 Å². The Bertz CT molecular complexity index is 915. The molecular formula is C18H16F3N3O. The van der Waals surface area contributed by atoms with Gasteiger partial charge in [0.1, 0.15) is 5.82 Å². The fourth-order valence-electron chi connectivity index (χ4n) is 2.55. The van der Waals surface area contributed by atoms with Crippen molar-refractivity contribution in [2.24, 2.45) is 0 Å². The number of alkyl halides is 3. The van der Waals surface area contributed by atoms with Crippen LogP contribution in [0.25, 0.3) is 11.0 Å². The van der Waals surface area contributed by atoms with E-state index in [0.717, 1.165) is 28.7 Å². The lowest BCUT2D eigenvalue weighted by Crippen LogP contribution is -2.25. The maximum atomic E-state index is 12.7. The van der Waals surface area contributed by atoms with Crippen LogP contribution in [0.15, 0.2) is 42.5 Å². The standard InChI is InChI=1S/C18H16F3N3O/c1-11-5-6-14-15(7-11)24-16(23-14)10-22-17(25)9-12-3-2-4-13(8-12)18(19,20)21/h2-8H,9-10H2,1H3,(H,22,25)(H,23,24). The number of rotatable bonds is 4. The molecule has 0 fully saturated rings. The summed E-state index contributed by atoms with van der Waals surface area (Å²) in [6, 6.07) is 10.6. The summed E-state index contributed by atoms with van der Waals surface area (Å²) in [5.41, 5.74) is 2.32. The van der Waals surface area contributed by atoms with Crippen LogP contribution in [0.2, 0.25) is 0 Å². The Morgan fingerprint density at radius 3 is 2.76 bits per heavy atom. The van der Waals surface area contributed by atoms with E-state index in [-0.39, 0.29) is 18.9 Å². The van der Waals surface area contributed by atoms with Crippen molar-refractivity contribution in [2.45, 2.75) is 26.1 Å². The number of nitrogens with one attached hydrogen (secondary N) is 2. The third-order valence-electron chi connectivity index (χ3n) is 3.76. The number of fused-ring (bicyclic) bond motifs is 1. The minimum absolute atomic E-state index is 0.122. The first-order chi connectivity index (χ1) is 11.8. The molecule has 0 atom stereocenters. The van der Waals surface area contributed by atoms with E-state index < -0.39 is 11.7 Å². The second-order valence-corrected chi connectivity index (χ2v) is 5.86. The Morgan fingerprint density at radius 1 is 1.20 bits per heavy atom. The van der Waals surface area contributed by atoms with Crippen LogP contribution >= 0.6 is 0 Å². The molecule has 0 aliphatic carbocycles. The fourth-order valence-corrected chi connectivity index (χ4v) is 2.55. The van der Waals surface area contributed by atoms with Crippen molar-refractivity contribution in [1.29, 1.82) is 0 Å². The van der Waals surface area contributed by atoms with Crippen LogP contribution in [-0.4, -0.2) is 15.9 Å². The molecule has 130 valence electrons. The molecule has 0 bridgehead atoms. The summed E-state index contributed by atoms with van der Waals surface area (Å²) in [4.78, 5) is 19.5. The number of aromatic nitrogens is 2. The molecule has 7 heteroatoms. The van der Waals surface area contributed by atoms with Crippen molar-refractivity contribution in [3.63, 3.8) is 0 Å². The maximum absolute atomic E-state index is 12.7. The van der Waals surface area contributed by atoms with Crippen LogP contribution in [0, 0.1) is 6.92 Å². The van der Waals surface area contributed by atoms with Gasteiger partial charge in [-0.2, -0.15) is 13.2 Å². The maximum Gasteiger partial charge on any atom is 0.416 e. The number of halogens is 3. The molecule has 2 aromatic carbocycles. The monoisotopic (exact) mass is 347 g/mol.